The molecule has 1 aliphatic heterocycles. The Morgan fingerprint density at radius 2 is 1.28 bits per heavy atom. The summed E-state index contributed by atoms with van der Waals surface area (Å²) in [4.78, 5) is 2.58. The van der Waals surface area contributed by atoms with E-state index in [1.165, 1.54) is 105 Å². The zero-order valence-corrected chi connectivity index (χ0v) is 32.7. The third kappa shape index (κ3) is 4.91. The maximum absolute atomic E-state index is 2.58. The minimum atomic E-state index is 0.200. The molecule has 8 aromatic rings. The molecule has 0 N–H and O–H groups in total. The standard InChI is InChI=1S/C56H42N2/c1-57-51-33-41(49-31-39-21-11-9-19-37(39)29-47(49)35-15-5-3-6-16-35)25-27-45(51)53-43-23-13-14-24-44(43)54-46-28-26-42(34-52(46)58(2)56(54)55(53)57)50-32-40-22-12-10-20-38(40)30-48(50)36-17-7-4-8-18-36/h3-29,31-34,38,46,52H,30H2,1-2H3. The molecule has 0 spiro atoms. The van der Waals surface area contributed by atoms with Crippen LogP contribution in [0.1, 0.15) is 23.5 Å². The van der Waals surface area contributed by atoms with Crippen LogP contribution in [0.3, 0.4) is 0 Å². The van der Waals surface area contributed by atoms with Gasteiger partial charge in [0.2, 0.25) is 0 Å². The second kappa shape index (κ2) is 12.8. The Morgan fingerprint density at radius 3 is 2.05 bits per heavy atom. The van der Waals surface area contributed by atoms with Crippen LogP contribution < -0.4 is 4.90 Å². The molecule has 1 aromatic heterocycles. The predicted molar refractivity (Wildman–Crippen MR) is 246 cm³/mol. The van der Waals surface area contributed by atoms with Crippen molar-refractivity contribution in [2.24, 2.45) is 13.0 Å². The van der Waals surface area contributed by atoms with Crippen molar-refractivity contribution >= 4 is 54.6 Å². The summed E-state index contributed by atoms with van der Waals surface area (Å²) in [6.45, 7) is 0. The lowest BCUT2D eigenvalue weighted by atomic mass is 9.75. The largest absolute Gasteiger partial charge is 0.365 e. The number of rotatable bonds is 4. The van der Waals surface area contributed by atoms with Crippen molar-refractivity contribution in [2.75, 3.05) is 11.9 Å². The number of fused-ring (bicyclic) bond motifs is 12. The molecule has 4 aliphatic rings. The Hall–Kier alpha value is -6.90. The number of allylic oxidation sites excluding steroid dienone is 10. The van der Waals surface area contributed by atoms with Gasteiger partial charge in [-0.1, -0.05) is 170 Å². The van der Waals surface area contributed by atoms with Crippen LogP contribution >= 0.6 is 0 Å². The molecule has 0 fully saturated rings. The summed E-state index contributed by atoms with van der Waals surface area (Å²) in [7, 11) is 4.61. The van der Waals surface area contributed by atoms with E-state index in [0.29, 0.717) is 5.92 Å². The van der Waals surface area contributed by atoms with Gasteiger partial charge in [-0.15, -0.1) is 0 Å². The van der Waals surface area contributed by atoms with Crippen molar-refractivity contribution in [2.45, 2.75) is 18.4 Å². The highest BCUT2D eigenvalue weighted by Crippen LogP contribution is 2.54. The third-order valence-corrected chi connectivity index (χ3v) is 13.4. The second-order valence-electron chi connectivity index (χ2n) is 16.5. The van der Waals surface area contributed by atoms with Crippen LogP contribution in [0.4, 0.5) is 5.69 Å². The first kappa shape index (κ1) is 33.3. The lowest BCUT2D eigenvalue weighted by molar-refractivity contribution is 0.719. The molecule has 3 unspecified atom stereocenters. The number of aryl methyl sites for hydroxylation is 1. The first-order valence-corrected chi connectivity index (χ1v) is 20.6. The molecule has 0 saturated heterocycles. The summed E-state index contributed by atoms with van der Waals surface area (Å²) in [6, 6.07) is 51.8. The minimum absolute atomic E-state index is 0.200. The molecule has 0 radical (unpaired) electrons. The van der Waals surface area contributed by atoms with Gasteiger partial charge in [-0.05, 0) is 102 Å². The number of hydrogen-bond acceptors (Lipinski definition) is 1. The number of nitrogens with zero attached hydrogens (tertiary/aromatic N) is 2. The number of hydrogen-bond donors (Lipinski definition) is 0. The quantitative estimate of drug-likeness (QED) is 0.174. The normalized spacial score (nSPS) is 19.6. The maximum atomic E-state index is 2.58. The third-order valence-electron chi connectivity index (χ3n) is 13.4. The summed E-state index contributed by atoms with van der Waals surface area (Å²) >= 11 is 0. The Labute approximate surface area is 339 Å². The zero-order valence-electron chi connectivity index (χ0n) is 32.7. The van der Waals surface area contributed by atoms with E-state index in [1.54, 1.807) is 0 Å². The molecule has 12 rings (SSSR count). The minimum Gasteiger partial charge on any atom is -0.365 e. The molecule has 7 aromatic carbocycles. The van der Waals surface area contributed by atoms with E-state index >= 15 is 0 Å². The molecular formula is C56H42N2. The van der Waals surface area contributed by atoms with Crippen LogP contribution in [0.25, 0.3) is 71.2 Å². The molecule has 276 valence electrons. The summed E-state index contributed by atoms with van der Waals surface area (Å²) in [5.74, 6) is 0.668. The smallest absolute Gasteiger partial charge is 0.0736 e. The van der Waals surface area contributed by atoms with E-state index in [0.717, 1.165) is 6.42 Å². The van der Waals surface area contributed by atoms with Gasteiger partial charge in [0.15, 0.2) is 0 Å². The first-order valence-electron chi connectivity index (χ1n) is 20.6. The van der Waals surface area contributed by atoms with Crippen LogP contribution in [0.15, 0.2) is 205 Å². The number of benzene rings is 7. The topological polar surface area (TPSA) is 8.17 Å². The average molecular weight is 743 g/mol. The molecule has 0 saturated carbocycles. The maximum Gasteiger partial charge on any atom is 0.0736 e. The Balaban J connectivity index is 1.04. The van der Waals surface area contributed by atoms with Crippen LogP contribution in [-0.2, 0) is 7.05 Å². The molecular weight excluding hydrogens is 701 g/mol. The van der Waals surface area contributed by atoms with Gasteiger partial charge in [0.1, 0.15) is 0 Å². The molecule has 3 aliphatic carbocycles. The monoisotopic (exact) mass is 742 g/mol. The lowest BCUT2D eigenvalue weighted by Crippen LogP contribution is -2.30. The molecule has 2 heteroatoms. The van der Waals surface area contributed by atoms with Crippen LogP contribution in [-0.4, -0.2) is 17.7 Å². The highest BCUT2D eigenvalue weighted by molar-refractivity contribution is 6.26. The van der Waals surface area contributed by atoms with Crippen molar-refractivity contribution < 1.29 is 0 Å². The van der Waals surface area contributed by atoms with Gasteiger partial charge in [0, 0.05) is 42.2 Å². The fraction of sp³-hybridized carbons (Fsp3) is 0.107. The SMILES string of the molecule is CN1c2c(c3ccccc3c3c4ccc(-c5cc6ccccc6cc5-c5ccccc5)cc4n(C)c23)C2C=CC(C3=C(c4ccccc4)CC4C=CC=CC4=C3)=CC21. The van der Waals surface area contributed by atoms with E-state index < -0.39 is 0 Å². The average Bonchev–Trinajstić information content (AvgIpc) is 3.75. The fourth-order valence-corrected chi connectivity index (χ4v) is 10.7. The van der Waals surface area contributed by atoms with Gasteiger partial charge in [0.05, 0.1) is 17.2 Å². The van der Waals surface area contributed by atoms with E-state index in [1.807, 2.05) is 0 Å². The Kier molecular flexibility index (Phi) is 7.35. The van der Waals surface area contributed by atoms with Crippen molar-refractivity contribution in [3.63, 3.8) is 0 Å². The Bertz CT molecular complexity index is 3220. The number of likely N-dealkylation sites (N-methyl/N-ethyl adjacent to an activating group) is 1. The highest BCUT2D eigenvalue weighted by Gasteiger charge is 2.40. The summed E-state index contributed by atoms with van der Waals surface area (Å²) in [6.07, 6.45) is 20.0. The highest BCUT2D eigenvalue weighted by atomic mass is 15.2. The van der Waals surface area contributed by atoms with Gasteiger partial charge < -0.3 is 9.47 Å². The van der Waals surface area contributed by atoms with Gasteiger partial charge in [-0.2, -0.15) is 0 Å². The van der Waals surface area contributed by atoms with E-state index in [2.05, 4.69) is 212 Å². The molecule has 2 nitrogen and oxygen atoms in total. The predicted octanol–water partition coefficient (Wildman–Crippen LogP) is 13.9. The summed E-state index contributed by atoms with van der Waals surface area (Å²) < 4.78 is 2.48. The molecule has 2 heterocycles. The molecule has 0 amide bonds. The van der Waals surface area contributed by atoms with E-state index in [4.69, 9.17) is 0 Å². The van der Waals surface area contributed by atoms with Crippen LogP contribution in [0.5, 0.6) is 0 Å². The molecule has 3 atom stereocenters. The van der Waals surface area contributed by atoms with Gasteiger partial charge >= 0.3 is 0 Å². The van der Waals surface area contributed by atoms with Crippen molar-refractivity contribution in [1.29, 1.82) is 0 Å². The van der Waals surface area contributed by atoms with Crippen molar-refractivity contribution in [3.05, 3.63) is 216 Å². The second-order valence-corrected chi connectivity index (χ2v) is 16.5. The van der Waals surface area contributed by atoms with Gasteiger partial charge in [-0.25, -0.2) is 0 Å². The number of aromatic nitrogens is 1. The molecule has 0 bridgehead atoms. The van der Waals surface area contributed by atoms with Gasteiger partial charge in [-0.3, -0.25) is 0 Å². The number of anilines is 1. The first-order chi connectivity index (χ1) is 28.6. The molecule has 58 heavy (non-hydrogen) atoms. The van der Waals surface area contributed by atoms with E-state index in [-0.39, 0.29) is 12.0 Å². The summed E-state index contributed by atoms with van der Waals surface area (Å²) in [5.41, 5.74) is 17.2. The van der Waals surface area contributed by atoms with Crippen molar-refractivity contribution in [3.8, 4) is 22.3 Å². The van der Waals surface area contributed by atoms with Crippen LogP contribution in [0.2, 0.25) is 0 Å². The van der Waals surface area contributed by atoms with Gasteiger partial charge in [0.25, 0.3) is 0 Å². The lowest BCUT2D eigenvalue weighted by Gasteiger charge is -2.30. The van der Waals surface area contributed by atoms with Crippen molar-refractivity contribution in [1.82, 2.24) is 4.57 Å². The van der Waals surface area contributed by atoms with Crippen LogP contribution in [0, 0.1) is 5.92 Å². The summed E-state index contributed by atoms with van der Waals surface area (Å²) in [5, 5.41) is 7.84. The van der Waals surface area contributed by atoms with E-state index in [9.17, 15) is 0 Å². The zero-order chi connectivity index (χ0) is 38.5. The fourth-order valence-electron chi connectivity index (χ4n) is 10.7. The Morgan fingerprint density at radius 1 is 0.586 bits per heavy atom.